The minimum atomic E-state index is -0.885. The molecule has 2 saturated heterocycles. The maximum atomic E-state index is 12.6. The molecule has 1 amide bonds. The van der Waals surface area contributed by atoms with Crippen LogP contribution in [0.3, 0.4) is 0 Å². The molecule has 1 unspecified atom stereocenters. The average Bonchev–Trinajstić information content (AvgIpc) is 3.32. The van der Waals surface area contributed by atoms with Crippen molar-refractivity contribution in [2.45, 2.75) is 12.6 Å². The maximum Gasteiger partial charge on any atom is 0.325 e. The summed E-state index contributed by atoms with van der Waals surface area (Å²) in [7, 11) is 0. The lowest BCUT2D eigenvalue weighted by molar-refractivity contribution is -0.145. The zero-order chi connectivity index (χ0) is 24.9. The number of carbonyl (C=O) groups is 2. The van der Waals surface area contributed by atoms with Crippen molar-refractivity contribution in [2.75, 3.05) is 59.0 Å². The molecule has 3 aromatic rings. The fraction of sp³-hybridized carbons (Fsp3) is 0.407. The molecule has 1 aromatic heterocycles. The Balaban J connectivity index is 1.25. The van der Waals surface area contributed by atoms with Gasteiger partial charge in [-0.25, -0.2) is 0 Å². The van der Waals surface area contributed by atoms with Crippen molar-refractivity contribution in [1.29, 1.82) is 0 Å². The number of H-pyrrole nitrogens is 1. The topological polar surface area (TPSA) is 98.3 Å². The number of benzene rings is 2. The monoisotopic (exact) mass is 492 g/mol. The first kappa shape index (κ1) is 24.3. The second-order valence-electron chi connectivity index (χ2n) is 9.27. The predicted molar refractivity (Wildman–Crippen MR) is 135 cm³/mol. The molecule has 0 aliphatic carbocycles. The Bertz CT molecular complexity index is 1180. The van der Waals surface area contributed by atoms with Crippen molar-refractivity contribution >= 4 is 22.8 Å². The number of aliphatic carboxylic acids is 1. The van der Waals surface area contributed by atoms with E-state index in [4.69, 9.17) is 9.47 Å². The molecule has 2 aromatic carbocycles. The molecule has 2 fully saturated rings. The third-order valence-electron chi connectivity index (χ3n) is 6.96. The van der Waals surface area contributed by atoms with E-state index in [9.17, 15) is 14.7 Å². The van der Waals surface area contributed by atoms with Crippen LogP contribution in [0.2, 0.25) is 0 Å². The number of morpholine rings is 1. The number of nitrogens with zero attached hydrogens (tertiary/aromatic N) is 3. The number of fused-ring (bicyclic) bond motifs is 1. The standard InChI is InChI=1S/C27H32N4O5/c32-25(30-12-14-35-15-13-30)18-29-8-10-31(11-9-29)26(27(33)34)23-17-28-24-7-6-21(16-22(23)24)36-19-20-4-2-1-3-5-20/h1-7,16-17,26,28H,8-15,18-19H2,(H,33,34). The molecule has 9 nitrogen and oxygen atoms in total. The molecule has 1 atom stereocenters. The minimum absolute atomic E-state index is 0.112. The molecule has 0 spiro atoms. The lowest BCUT2D eigenvalue weighted by Gasteiger charge is -2.38. The van der Waals surface area contributed by atoms with E-state index in [1.54, 1.807) is 6.20 Å². The minimum Gasteiger partial charge on any atom is -0.489 e. The van der Waals surface area contributed by atoms with Crippen LogP contribution in [0, 0.1) is 0 Å². The van der Waals surface area contributed by atoms with Crippen LogP contribution in [0.4, 0.5) is 0 Å². The van der Waals surface area contributed by atoms with E-state index in [0.717, 1.165) is 22.0 Å². The van der Waals surface area contributed by atoms with Crippen molar-refractivity contribution < 1.29 is 24.2 Å². The summed E-state index contributed by atoms with van der Waals surface area (Å²) in [6.07, 6.45) is 1.79. The fourth-order valence-corrected chi connectivity index (χ4v) is 4.95. The number of carboxylic acid groups (broad SMARTS) is 1. The number of carbonyl (C=O) groups excluding carboxylic acids is 1. The Morgan fingerprint density at radius 3 is 2.47 bits per heavy atom. The summed E-state index contributed by atoms with van der Waals surface area (Å²) in [5.74, 6) is -0.0756. The third-order valence-corrected chi connectivity index (χ3v) is 6.96. The second kappa shape index (κ2) is 11.1. The molecular weight excluding hydrogens is 460 g/mol. The summed E-state index contributed by atoms with van der Waals surface area (Å²) in [6, 6.07) is 14.9. The van der Waals surface area contributed by atoms with Crippen LogP contribution < -0.4 is 4.74 Å². The largest absolute Gasteiger partial charge is 0.489 e. The normalized spacial score (nSPS) is 18.3. The first-order chi connectivity index (χ1) is 17.6. The number of amides is 1. The smallest absolute Gasteiger partial charge is 0.325 e. The highest BCUT2D eigenvalue weighted by Gasteiger charge is 2.33. The highest BCUT2D eigenvalue weighted by Crippen LogP contribution is 2.32. The number of hydrogen-bond donors (Lipinski definition) is 2. The highest BCUT2D eigenvalue weighted by molar-refractivity contribution is 5.90. The van der Waals surface area contributed by atoms with Gasteiger partial charge in [0.1, 0.15) is 18.4 Å². The van der Waals surface area contributed by atoms with Crippen molar-refractivity contribution in [3.63, 3.8) is 0 Å². The van der Waals surface area contributed by atoms with E-state index >= 15 is 0 Å². The fourth-order valence-electron chi connectivity index (χ4n) is 4.95. The van der Waals surface area contributed by atoms with Crippen LogP contribution >= 0.6 is 0 Å². The molecule has 3 heterocycles. The Hall–Kier alpha value is -3.40. The SMILES string of the molecule is O=C(O)C(c1c[nH]c2ccc(OCc3ccccc3)cc12)N1CCN(CC(=O)N2CCOCC2)CC1. The second-order valence-corrected chi connectivity index (χ2v) is 9.27. The van der Waals surface area contributed by atoms with Gasteiger partial charge in [-0.2, -0.15) is 0 Å². The summed E-state index contributed by atoms with van der Waals surface area (Å²) < 4.78 is 11.3. The molecule has 2 aliphatic rings. The van der Waals surface area contributed by atoms with E-state index in [1.165, 1.54) is 0 Å². The van der Waals surface area contributed by atoms with Crippen LogP contribution in [0.25, 0.3) is 10.9 Å². The van der Waals surface area contributed by atoms with Gasteiger partial charge in [0, 0.05) is 61.9 Å². The van der Waals surface area contributed by atoms with Gasteiger partial charge in [0.15, 0.2) is 0 Å². The molecular formula is C27H32N4O5. The van der Waals surface area contributed by atoms with E-state index in [0.29, 0.717) is 71.4 Å². The van der Waals surface area contributed by atoms with E-state index in [1.807, 2.05) is 58.3 Å². The molecule has 2 aliphatic heterocycles. The molecule has 36 heavy (non-hydrogen) atoms. The number of ether oxygens (including phenoxy) is 2. The lowest BCUT2D eigenvalue weighted by atomic mass is 10.0. The van der Waals surface area contributed by atoms with Crippen molar-refractivity contribution in [3.05, 3.63) is 65.9 Å². The van der Waals surface area contributed by atoms with Crippen molar-refractivity contribution in [2.24, 2.45) is 0 Å². The number of piperazine rings is 1. The van der Waals surface area contributed by atoms with Crippen molar-refractivity contribution in [1.82, 2.24) is 19.7 Å². The summed E-state index contributed by atoms with van der Waals surface area (Å²) in [5, 5.41) is 11.0. The van der Waals surface area contributed by atoms with Crippen LogP contribution in [0.5, 0.6) is 5.75 Å². The number of rotatable bonds is 8. The van der Waals surface area contributed by atoms with Gasteiger partial charge in [-0.3, -0.25) is 19.4 Å². The molecule has 190 valence electrons. The van der Waals surface area contributed by atoms with Gasteiger partial charge in [0.2, 0.25) is 5.91 Å². The molecule has 0 bridgehead atoms. The number of hydrogen-bond acceptors (Lipinski definition) is 6. The number of nitrogens with one attached hydrogen (secondary N) is 1. The molecule has 0 saturated carbocycles. The van der Waals surface area contributed by atoms with E-state index < -0.39 is 12.0 Å². The van der Waals surface area contributed by atoms with E-state index in [2.05, 4.69) is 9.88 Å². The number of aromatic nitrogens is 1. The average molecular weight is 493 g/mol. The molecule has 9 heteroatoms. The number of aromatic amines is 1. The van der Waals surface area contributed by atoms with Gasteiger partial charge in [-0.1, -0.05) is 30.3 Å². The summed E-state index contributed by atoms with van der Waals surface area (Å²) in [6.45, 7) is 5.69. The van der Waals surface area contributed by atoms with Gasteiger partial charge in [-0.15, -0.1) is 0 Å². The van der Waals surface area contributed by atoms with Gasteiger partial charge in [0.25, 0.3) is 0 Å². The van der Waals surface area contributed by atoms with Gasteiger partial charge < -0.3 is 24.5 Å². The van der Waals surface area contributed by atoms with Crippen molar-refractivity contribution in [3.8, 4) is 5.75 Å². The van der Waals surface area contributed by atoms with Gasteiger partial charge in [0.05, 0.1) is 19.8 Å². The first-order valence-corrected chi connectivity index (χ1v) is 12.4. The van der Waals surface area contributed by atoms with Gasteiger partial charge >= 0.3 is 5.97 Å². The summed E-state index contributed by atoms with van der Waals surface area (Å²) >= 11 is 0. The Morgan fingerprint density at radius 1 is 1.00 bits per heavy atom. The van der Waals surface area contributed by atoms with Gasteiger partial charge in [-0.05, 0) is 23.8 Å². The van der Waals surface area contributed by atoms with Crippen LogP contribution in [0.15, 0.2) is 54.7 Å². The zero-order valence-electron chi connectivity index (χ0n) is 20.3. The Morgan fingerprint density at radius 2 is 1.75 bits per heavy atom. The summed E-state index contributed by atoms with van der Waals surface area (Å²) in [5.41, 5.74) is 2.67. The Kier molecular flexibility index (Phi) is 7.50. The summed E-state index contributed by atoms with van der Waals surface area (Å²) in [4.78, 5) is 34.2. The maximum absolute atomic E-state index is 12.6. The molecule has 0 radical (unpaired) electrons. The highest BCUT2D eigenvalue weighted by atomic mass is 16.5. The molecule has 2 N–H and O–H groups in total. The molecule has 5 rings (SSSR count). The third kappa shape index (κ3) is 5.53. The van der Waals surface area contributed by atoms with E-state index in [-0.39, 0.29) is 5.91 Å². The first-order valence-electron chi connectivity index (χ1n) is 12.4. The van der Waals surface area contributed by atoms with Crippen LogP contribution in [0.1, 0.15) is 17.2 Å². The quantitative estimate of drug-likeness (QED) is 0.498. The lowest BCUT2D eigenvalue weighted by Crippen LogP contribution is -2.52. The van der Waals surface area contributed by atoms with Crippen LogP contribution in [-0.4, -0.2) is 95.7 Å². The van der Waals surface area contributed by atoms with Crippen LogP contribution in [-0.2, 0) is 20.9 Å². The zero-order valence-corrected chi connectivity index (χ0v) is 20.3. The Labute approximate surface area is 210 Å². The predicted octanol–water partition coefficient (Wildman–Crippen LogP) is 2.35. The number of carboxylic acids is 1.